The zero-order valence-electron chi connectivity index (χ0n) is 10.7. The molecule has 19 heavy (non-hydrogen) atoms. The molecular weight excluding hydrogens is 326 g/mol. The molecule has 4 nitrogen and oxygen atoms in total. The van der Waals surface area contributed by atoms with E-state index in [9.17, 15) is 0 Å². The van der Waals surface area contributed by atoms with Gasteiger partial charge in [0.05, 0.1) is 5.75 Å². The normalized spacial score (nSPS) is 10.8. The summed E-state index contributed by atoms with van der Waals surface area (Å²) >= 11 is 5.12. The summed E-state index contributed by atoms with van der Waals surface area (Å²) in [6, 6.07) is 8.20. The van der Waals surface area contributed by atoms with Crippen LogP contribution in [0.2, 0.25) is 0 Å². The van der Waals surface area contributed by atoms with Crippen LogP contribution >= 0.6 is 27.7 Å². The van der Waals surface area contributed by atoms with Crippen LogP contribution in [0.25, 0.3) is 0 Å². The molecule has 2 rings (SSSR count). The molecule has 0 fully saturated rings. The van der Waals surface area contributed by atoms with Gasteiger partial charge in [0.1, 0.15) is 0 Å². The second-order valence-corrected chi connectivity index (χ2v) is 5.91. The second kappa shape index (κ2) is 7.67. The molecule has 0 aliphatic carbocycles. The van der Waals surface area contributed by atoms with Crippen molar-refractivity contribution in [1.82, 2.24) is 15.5 Å². The summed E-state index contributed by atoms with van der Waals surface area (Å²) < 4.78 is 6.28. The number of nitrogens with zero attached hydrogens (tertiary/aromatic N) is 2. The Kier molecular flexibility index (Phi) is 5.88. The molecule has 1 aromatic heterocycles. The minimum Gasteiger partial charge on any atom is -0.339 e. The minimum absolute atomic E-state index is 0.701. The van der Waals surface area contributed by atoms with Gasteiger partial charge in [-0.1, -0.05) is 28.0 Å². The first-order valence-electron chi connectivity index (χ1n) is 6.18. The number of likely N-dealkylation sites (N-methyl/N-ethyl adjacent to an activating group) is 1. The summed E-state index contributed by atoms with van der Waals surface area (Å²) in [5.41, 5.74) is 0. The van der Waals surface area contributed by atoms with Crippen LogP contribution in [0.4, 0.5) is 0 Å². The van der Waals surface area contributed by atoms with Crippen LogP contribution in [-0.2, 0) is 12.2 Å². The molecule has 0 atom stereocenters. The lowest BCUT2D eigenvalue weighted by atomic mass is 10.4. The average Bonchev–Trinajstić information content (AvgIpc) is 2.86. The van der Waals surface area contributed by atoms with Crippen molar-refractivity contribution < 1.29 is 4.52 Å². The number of halogens is 1. The van der Waals surface area contributed by atoms with Crippen LogP contribution in [0.15, 0.2) is 38.2 Å². The van der Waals surface area contributed by atoms with E-state index in [2.05, 4.69) is 50.4 Å². The first-order chi connectivity index (χ1) is 9.28. The van der Waals surface area contributed by atoms with E-state index in [1.165, 1.54) is 4.90 Å². The first kappa shape index (κ1) is 14.6. The average molecular weight is 342 g/mol. The maximum absolute atomic E-state index is 5.20. The quantitative estimate of drug-likeness (QED) is 0.618. The molecule has 1 N–H and O–H groups in total. The largest absolute Gasteiger partial charge is 0.339 e. The zero-order valence-corrected chi connectivity index (χ0v) is 13.1. The molecule has 2 aromatic rings. The Balaban J connectivity index is 1.81. The number of thioether (sulfide) groups is 1. The molecule has 0 aliphatic rings. The topological polar surface area (TPSA) is 51.0 Å². The summed E-state index contributed by atoms with van der Waals surface area (Å²) in [6.45, 7) is 3.91. The summed E-state index contributed by atoms with van der Waals surface area (Å²) in [6.07, 6.45) is 0.782. The molecule has 0 saturated carbocycles. The van der Waals surface area contributed by atoms with Crippen LogP contribution < -0.4 is 5.32 Å². The first-order valence-corrected chi connectivity index (χ1v) is 7.96. The molecule has 0 bridgehead atoms. The Morgan fingerprint density at radius 1 is 1.32 bits per heavy atom. The molecule has 0 aliphatic heterocycles. The van der Waals surface area contributed by atoms with Gasteiger partial charge in [-0.3, -0.25) is 0 Å². The molecule has 1 heterocycles. The smallest absolute Gasteiger partial charge is 0.227 e. The van der Waals surface area contributed by atoms with E-state index in [0.29, 0.717) is 5.89 Å². The monoisotopic (exact) mass is 341 g/mol. The van der Waals surface area contributed by atoms with Gasteiger partial charge in [0.2, 0.25) is 5.89 Å². The van der Waals surface area contributed by atoms with Crippen LogP contribution in [0.3, 0.4) is 0 Å². The number of hydrogen-bond acceptors (Lipinski definition) is 5. The summed E-state index contributed by atoms with van der Waals surface area (Å²) in [7, 11) is 0. The van der Waals surface area contributed by atoms with Crippen molar-refractivity contribution in [1.29, 1.82) is 0 Å². The van der Waals surface area contributed by atoms with Crippen LogP contribution in [0.5, 0.6) is 0 Å². The van der Waals surface area contributed by atoms with Gasteiger partial charge in [-0.25, -0.2) is 0 Å². The molecule has 0 unspecified atom stereocenters. The summed E-state index contributed by atoms with van der Waals surface area (Å²) in [4.78, 5) is 5.56. The highest BCUT2D eigenvalue weighted by atomic mass is 79.9. The van der Waals surface area contributed by atoms with Crippen molar-refractivity contribution in [2.45, 2.75) is 24.0 Å². The third-order valence-corrected chi connectivity index (χ3v) is 3.99. The van der Waals surface area contributed by atoms with Crippen molar-refractivity contribution in [3.05, 3.63) is 40.5 Å². The third kappa shape index (κ3) is 4.97. The van der Waals surface area contributed by atoms with Gasteiger partial charge in [0, 0.05) is 22.3 Å². The molecule has 0 radical (unpaired) electrons. The number of aromatic nitrogens is 2. The van der Waals surface area contributed by atoms with Crippen molar-refractivity contribution in [3.63, 3.8) is 0 Å². The van der Waals surface area contributed by atoms with Crippen molar-refractivity contribution in [3.8, 4) is 0 Å². The van der Waals surface area contributed by atoms with Gasteiger partial charge in [0.25, 0.3) is 0 Å². The van der Waals surface area contributed by atoms with Gasteiger partial charge >= 0.3 is 0 Å². The predicted molar refractivity (Wildman–Crippen MR) is 80.2 cm³/mol. The minimum atomic E-state index is 0.701. The molecule has 0 amide bonds. The molecular formula is C13H16BrN3OS. The van der Waals surface area contributed by atoms with Crippen LogP contribution in [0.1, 0.15) is 18.6 Å². The molecule has 0 saturated heterocycles. The third-order valence-electron chi connectivity index (χ3n) is 2.46. The lowest BCUT2D eigenvalue weighted by Gasteiger charge is -1.98. The molecule has 102 valence electrons. The zero-order chi connectivity index (χ0) is 13.5. The highest BCUT2D eigenvalue weighted by molar-refractivity contribution is 9.10. The fourth-order valence-electron chi connectivity index (χ4n) is 1.50. The number of nitrogens with one attached hydrogen (secondary N) is 1. The highest BCUT2D eigenvalue weighted by Crippen LogP contribution is 2.23. The van der Waals surface area contributed by atoms with Crippen molar-refractivity contribution >= 4 is 27.7 Å². The predicted octanol–water partition coefficient (Wildman–Crippen LogP) is 3.28. The Morgan fingerprint density at radius 3 is 2.84 bits per heavy atom. The van der Waals surface area contributed by atoms with Gasteiger partial charge in [-0.15, -0.1) is 11.8 Å². The highest BCUT2D eigenvalue weighted by Gasteiger charge is 2.06. The SMILES string of the molecule is CCNCCc1nc(CSc2ccc(Br)cc2)no1. The van der Waals surface area contributed by atoms with E-state index in [-0.39, 0.29) is 0 Å². The van der Waals surface area contributed by atoms with Crippen molar-refractivity contribution in [2.24, 2.45) is 0 Å². The number of hydrogen-bond donors (Lipinski definition) is 1. The van der Waals surface area contributed by atoms with E-state index < -0.39 is 0 Å². The molecule has 6 heteroatoms. The summed E-state index contributed by atoms with van der Waals surface area (Å²) in [5, 5.41) is 7.22. The Labute approximate surface area is 125 Å². The van der Waals surface area contributed by atoms with Gasteiger partial charge < -0.3 is 9.84 Å². The Morgan fingerprint density at radius 2 is 2.11 bits per heavy atom. The van der Waals surface area contributed by atoms with E-state index in [1.54, 1.807) is 11.8 Å². The molecule has 0 spiro atoms. The van der Waals surface area contributed by atoms with Gasteiger partial charge in [-0.05, 0) is 30.8 Å². The maximum Gasteiger partial charge on any atom is 0.227 e. The van der Waals surface area contributed by atoms with Gasteiger partial charge in [-0.2, -0.15) is 4.98 Å². The summed E-state index contributed by atoms with van der Waals surface area (Å²) in [5.74, 6) is 2.18. The standard InChI is InChI=1S/C13H16BrN3OS/c1-2-15-8-7-13-16-12(17-18-13)9-19-11-5-3-10(14)4-6-11/h3-6,15H,2,7-9H2,1H3. The van der Waals surface area contributed by atoms with E-state index in [4.69, 9.17) is 4.52 Å². The Bertz CT molecular complexity index is 501. The van der Waals surface area contributed by atoms with Gasteiger partial charge in [0.15, 0.2) is 5.82 Å². The fraction of sp³-hybridized carbons (Fsp3) is 0.385. The second-order valence-electron chi connectivity index (χ2n) is 3.95. The van der Waals surface area contributed by atoms with E-state index in [1.807, 2.05) is 12.1 Å². The van der Waals surface area contributed by atoms with E-state index in [0.717, 1.165) is 35.6 Å². The maximum atomic E-state index is 5.20. The van der Waals surface area contributed by atoms with Crippen LogP contribution in [-0.4, -0.2) is 23.2 Å². The number of rotatable bonds is 7. The lowest BCUT2D eigenvalue weighted by Crippen LogP contribution is -2.16. The van der Waals surface area contributed by atoms with Crippen LogP contribution in [0, 0.1) is 0 Å². The lowest BCUT2D eigenvalue weighted by molar-refractivity contribution is 0.372. The Hall–Kier alpha value is -0.850. The van der Waals surface area contributed by atoms with E-state index >= 15 is 0 Å². The van der Waals surface area contributed by atoms with Crippen molar-refractivity contribution in [2.75, 3.05) is 13.1 Å². The number of benzene rings is 1. The fourth-order valence-corrected chi connectivity index (χ4v) is 2.51. The molecule has 1 aromatic carbocycles.